The molecule has 3 heterocycles. The minimum absolute atomic E-state index is 0.586. The molecule has 7 nitrogen and oxygen atoms in total. The number of nitrogens with zero attached hydrogens (tertiary/aromatic N) is 6. The molecule has 0 aliphatic carbocycles. The van der Waals surface area contributed by atoms with E-state index < -0.39 is 0 Å². The molecule has 4 aromatic rings. The Labute approximate surface area is 172 Å². The average Bonchev–Trinajstić information content (AvgIpc) is 3.23. The molecule has 0 radical (unpaired) electrons. The van der Waals surface area contributed by atoms with Crippen LogP contribution in [0.4, 0.5) is 5.82 Å². The number of piperazine rings is 1. The van der Waals surface area contributed by atoms with E-state index in [2.05, 4.69) is 36.0 Å². The summed E-state index contributed by atoms with van der Waals surface area (Å²) in [6.45, 7) is 4.21. The summed E-state index contributed by atoms with van der Waals surface area (Å²) in [5, 5.41) is 5.87. The number of benzene rings is 2. The van der Waals surface area contributed by atoms with Crippen molar-refractivity contribution < 1.29 is 4.52 Å². The number of fused-ring (bicyclic) bond motifs is 1. The van der Waals surface area contributed by atoms with Gasteiger partial charge in [0, 0.05) is 42.2 Å². The van der Waals surface area contributed by atoms with Crippen molar-refractivity contribution >= 4 is 28.3 Å². The third-order valence-corrected chi connectivity index (χ3v) is 5.37. The van der Waals surface area contributed by atoms with E-state index in [0.717, 1.165) is 48.5 Å². The van der Waals surface area contributed by atoms with Crippen LogP contribution in [0.2, 0.25) is 5.02 Å². The van der Waals surface area contributed by atoms with E-state index in [1.807, 2.05) is 42.5 Å². The second-order valence-electron chi connectivity index (χ2n) is 7.00. The lowest BCUT2D eigenvalue weighted by atomic mass is 10.2. The molecule has 1 aliphatic rings. The highest BCUT2D eigenvalue weighted by molar-refractivity contribution is 6.30. The van der Waals surface area contributed by atoms with Gasteiger partial charge in [-0.25, -0.2) is 9.97 Å². The van der Waals surface area contributed by atoms with Crippen molar-refractivity contribution in [3.8, 4) is 11.4 Å². The second kappa shape index (κ2) is 7.77. The maximum atomic E-state index is 5.94. The summed E-state index contributed by atoms with van der Waals surface area (Å²) >= 11 is 5.94. The van der Waals surface area contributed by atoms with Gasteiger partial charge in [0.15, 0.2) is 0 Å². The van der Waals surface area contributed by atoms with Crippen molar-refractivity contribution in [3.63, 3.8) is 0 Å². The van der Waals surface area contributed by atoms with Crippen LogP contribution in [0, 0.1) is 0 Å². The summed E-state index contributed by atoms with van der Waals surface area (Å²) < 4.78 is 5.45. The number of hydrogen-bond acceptors (Lipinski definition) is 7. The summed E-state index contributed by atoms with van der Waals surface area (Å²) in [6.07, 6.45) is 1.64. The quantitative estimate of drug-likeness (QED) is 0.512. The maximum absolute atomic E-state index is 5.94. The van der Waals surface area contributed by atoms with E-state index in [0.29, 0.717) is 23.3 Å². The Balaban J connectivity index is 1.24. The predicted octanol–water partition coefficient (Wildman–Crippen LogP) is 3.66. The third kappa shape index (κ3) is 3.79. The van der Waals surface area contributed by atoms with Crippen molar-refractivity contribution in [3.05, 3.63) is 65.8 Å². The first-order valence-electron chi connectivity index (χ1n) is 9.52. The first-order valence-corrected chi connectivity index (χ1v) is 9.90. The van der Waals surface area contributed by atoms with Gasteiger partial charge in [-0.3, -0.25) is 4.90 Å². The number of anilines is 1. The summed E-state index contributed by atoms with van der Waals surface area (Å²) in [5.41, 5.74) is 1.87. The van der Waals surface area contributed by atoms with Gasteiger partial charge >= 0.3 is 0 Å². The molecule has 2 aromatic heterocycles. The number of hydrogen-bond donors (Lipinski definition) is 0. The van der Waals surface area contributed by atoms with E-state index in [4.69, 9.17) is 16.1 Å². The minimum atomic E-state index is 0.586. The summed E-state index contributed by atoms with van der Waals surface area (Å²) in [4.78, 5) is 18.0. The van der Waals surface area contributed by atoms with Crippen molar-refractivity contribution in [1.82, 2.24) is 25.0 Å². The molecule has 1 fully saturated rings. The SMILES string of the molecule is Clc1ccc(-c2noc(CN3CCN(c4ncnc5ccccc45)CC3)n2)cc1. The van der Waals surface area contributed by atoms with Crippen molar-refractivity contribution in [2.24, 2.45) is 0 Å². The average molecular weight is 407 g/mol. The topological polar surface area (TPSA) is 71.2 Å². The highest BCUT2D eigenvalue weighted by Crippen LogP contribution is 2.24. The van der Waals surface area contributed by atoms with Crippen LogP contribution in [0.5, 0.6) is 0 Å². The number of rotatable bonds is 4. The Hall–Kier alpha value is -3.03. The van der Waals surface area contributed by atoms with Gasteiger partial charge in [-0.05, 0) is 36.4 Å². The zero-order valence-electron chi connectivity index (χ0n) is 15.7. The molecule has 2 aromatic carbocycles. The summed E-state index contributed by atoms with van der Waals surface area (Å²) in [7, 11) is 0. The molecule has 29 heavy (non-hydrogen) atoms. The molecule has 0 amide bonds. The molecule has 0 saturated carbocycles. The fourth-order valence-electron chi connectivity index (χ4n) is 3.59. The van der Waals surface area contributed by atoms with E-state index in [-0.39, 0.29) is 0 Å². The van der Waals surface area contributed by atoms with E-state index >= 15 is 0 Å². The van der Waals surface area contributed by atoms with Gasteiger partial charge in [-0.1, -0.05) is 28.9 Å². The smallest absolute Gasteiger partial charge is 0.241 e. The summed E-state index contributed by atoms with van der Waals surface area (Å²) in [5.74, 6) is 2.21. The fraction of sp³-hybridized carbons (Fsp3) is 0.238. The normalized spacial score (nSPS) is 15.1. The van der Waals surface area contributed by atoms with Crippen molar-refractivity contribution in [2.45, 2.75) is 6.54 Å². The largest absolute Gasteiger partial charge is 0.353 e. The monoisotopic (exact) mass is 406 g/mol. The fourth-order valence-corrected chi connectivity index (χ4v) is 3.71. The van der Waals surface area contributed by atoms with Crippen LogP contribution in [-0.2, 0) is 6.54 Å². The van der Waals surface area contributed by atoms with Gasteiger partial charge in [0.2, 0.25) is 11.7 Å². The predicted molar refractivity (Wildman–Crippen MR) is 112 cm³/mol. The molecule has 146 valence electrons. The van der Waals surface area contributed by atoms with Gasteiger partial charge in [0.05, 0.1) is 12.1 Å². The number of halogens is 1. The van der Waals surface area contributed by atoms with Crippen LogP contribution in [0.3, 0.4) is 0 Å². The van der Waals surface area contributed by atoms with Crippen LogP contribution < -0.4 is 4.90 Å². The molecule has 5 rings (SSSR count). The van der Waals surface area contributed by atoms with Crippen LogP contribution in [0.25, 0.3) is 22.3 Å². The summed E-state index contributed by atoms with van der Waals surface area (Å²) in [6, 6.07) is 15.5. The van der Waals surface area contributed by atoms with Gasteiger partial charge in [0.25, 0.3) is 0 Å². The molecule has 0 unspecified atom stereocenters. The van der Waals surface area contributed by atoms with Gasteiger partial charge in [-0.15, -0.1) is 0 Å². The Morgan fingerprint density at radius 3 is 2.55 bits per heavy atom. The standard InChI is InChI=1S/C21H19ClN6O/c22-16-7-5-15(6-8-16)20-25-19(29-26-20)13-27-9-11-28(12-10-27)21-17-3-1-2-4-18(17)23-14-24-21/h1-8,14H,9-13H2. The highest BCUT2D eigenvalue weighted by Gasteiger charge is 2.21. The molecule has 1 aliphatic heterocycles. The Morgan fingerprint density at radius 2 is 1.72 bits per heavy atom. The molecule has 1 saturated heterocycles. The Bertz CT molecular complexity index is 1120. The van der Waals surface area contributed by atoms with Crippen LogP contribution in [0.1, 0.15) is 5.89 Å². The van der Waals surface area contributed by atoms with E-state index in [1.165, 1.54) is 0 Å². The molecular formula is C21H19ClN6O. The van der Waals surface area contributed by atoms with Crippen molar-refractivity contribution in [2.75, 3.05) is 31.1 Å². The van der Waals surface area contributed by atoms with Crippen molar-refractivity contribution in [1.29, 1.82) is 0 Å². The first-order chi connectivity index (χ1) is 14.3. The zero-order valence-corrected chi connectivity index (χ0v) is 16.5. The lowest BCUT2D eigenvalue weighted by molar-refractivity contribution is 0.215. The van der Waals surface area contributed by atoms with Crippen LogP contribution in [0.15, 0.2) is 59.4 Å². The Kier molecular flexibility index (Phi) is 4.83. The first kappa shape index (κ1) is 18.0. The molecule has 0 atom stereocenters. The van der Waals surface area contributed by atoms with Gasteiger partial charge in [0.1, 0.15) is 12.1 Å². The molecule has 0 bridgehead atoms. The van der Waals surface area contributed by atoms with Crippen LogP contribution in [-0.4, -0.2) is 51.2 Å². The highest BCUT2D eigenvalue weighted by atomic mass is 35.5. The molecular weight excluding hydrogens is 388 g/mol. The van der Waals surface area contributed by atoms with Crippen LogP contribution >= 0.6 is 11.6 Å². The molecule has 0 spiro atoms. The van der Waals surface area contributed by atoms with Gasteiger partial charge in [-0.2, -0.15) is 4.98 Å². The lowest BCUT2D eigenvalue weighted by Crippen LogP contribution is -2.46. The third-order valence-electron chi connectivity index (χ3n) is 5.12. The van der Waals surface area contributed by atoms with Gasteiger partial charge < -0.3 is 9.42 Å². The van der Waals surface area contributed by atoms with E-state index in [1.54, 1.807) is 6.33 Å². The minimum Gasteiger partial charge on any atom is -0.353 e. The second-order valence-corrected chi connectivity index (χ2v) is 7.43. The molecule has 0 N–H and O–H groups in total. The number of para-hydroxylation sites is 1. The Morgan fingerprint density at radius 1 is 0.931 bits per heavy atom. The lowest BCUT2D eigenvalue weighted by Gasteiger charge is -2.35. The zero-order chi connectivity index (χ0) is 19.6. The number of aromatic nitrogens is 4. The molecule has 8 heteroatoms. The maximum Gasteiger partial charge on any atom is 0.241 e. The van der Waals surface area contributed by atoms with E-state index in [9.17, 15) is 0 Å².